The Balaban J connectivity index is 4.50. The summed E-state index contributed by atoms with van der Waals surface area (Å²) in [7, 11) is 7.26. The molecule has 0 radical (unpaired) electrons. The number of hydrogen-bond donors (Lipinski definition) is 0. The van der Waals surface area contributed by atoms with Crippen LogP contribution in [0, 0.1) is 0 Å². The lowest BCUT2D eigenvalue weighted by Gasteiger charge is -2.37. The van der Waals surface area contributed by atoms with Crippen LogP contribution in [0.2, 0.25) is 0 Å². The summed E-state index contributed by atoms with van der Waals surface area (Å²) in [5.41, 5.74) is 0. The molecule has 0 saturated carbocycles. The highest BCUT2D eigenvalue weighted by atomic mass is 15.3. The normalized spacial score (nSPS) is 11.8. The largest absolute Gasteiger partial charge is 0.402 e. The van der Waals surface area contributed by atoms with Crippen molar-refractivity contribution in [2.24, 2.45) is 0 Å². The maximum absolute atomic E-state index is 2.51. The molecular formula is C15H36BN3. The Morgan fingerprint density at radius 1 is 0.579 bits per heavy atom. The van der Waals surface area contributed by atoms with E-state index in [1.54, 1.807) is 0 Å². The van der Waals surface area contributed by atoms with Crippen molar-refractivity contribution in [2.45, 2.75) is 59.3 Å². The molecule has 0 atom stereocenters. The van der Waals surface area contributed by atoms with Crippen molar-refractivity contribution in [3.63, 3.8) is 0 Å². The smallest absolute Gasteiger partial charge is 0.317 e. The van der Waals surface area contributed by atoms with Gasteiger partial charge in [0.15, 0.2) is 0 Å². The fourth-order valence-corrected chi connectivity index (χ4v) is 2.58. The van der Waals surface area contributed by atoms with Crippen LogP contribution in [0.4, 0.5) is 0 Å². The molecule has 0 N–H and O–H groups in total. The van der Waals surface area contributed by atoms with Gasteiger partial charge in [-0.05, 0) is 60.0 Å². The zero-order chi connectivity index (χ0) is 14.7. The minimum atomic E-state index is 0.449. The van der Waals surface area contributed by atoms with Crippen molar-refractivity contribution in [3.8, 4) is 0 Å². The highest BCUT2D eigenvalue weighted by Crippen LogP contribution is 2.07. The first kappa shape index (κ1) is 18.9. The second-order valence-corrected chi connectivity index (χ2v) is 5.85. The molecule has 0 unspecified atom stereocenters. The van der Waals surface area contributed by atoms with Gasteiger partial charge in [-0.1, -0.05) is 40.0 Å². The molecule has 114 valence electrons. The molecule has 0 aromatic rings. The molecule has 0 fully saturated rings. The predicted molar refractivity (Wildman–Crippen MR) is 88.4 cm³/mol. The van der Waals surface area contributed by atoms with Gasteiger partial charge in [0.25, 0.3) is 0 Å². The summed E-state index contributed by atoms with van der Waals surface area (Å²) in [5.74, 6) is 0. The lowest BCUT2D eigenvalue weighted by molar-refractivity contribution is 0.323. The molecule has 0 aromatic heterocycles. The molecule has 0 aliphatic carbocycles. The van der Waals surface area contributed by atoms with Gasteiger partial charge in [0.2, 0.25) is 0 Å². The van der Waals surface area contributed by atoms with Crippen LogP contribution in [0.3, 0.4) is 0 Å². The molecule has 0 aromatic carbocycles. The van der Waals surface area contributed by atoms with Crippen LogP contribution in [-0.4, -0.2) is 62.3 Å². The average Bonchev–Trinajstić information content (AvgIpc) is 2.40. The van der Waals surface area contributed by atoms with E-state index >= 15 is 0 Å². The van der Waals surface area contributed by atoms with Gasteiger partial charge in [-0.15, -0.1) is 0 Å². The summed E-state index contributed by atoms with van der Waals surface area (Å²) in [6.07, 6.45) is 7.68. The monoisotopic (exact) mass is 269 g/mol. The van der Waals surface area contributed by atoms with E-state index < -0.39 is 0 Å². The van der Waals surface area contributed by atoms with Crippen LogP contribution in [0.25, 0.3) is 0 Å². The SMILES string of the molecule is CCCCN(C)B(N(C)CCCC)N(C)CCCC. The molecule has 19 heavy (non-hydrogen) atoms. The summed E-state index contributed by atoms with van der Waals surface area (Å²) in [6.45, 7) is 10.4. The molecule has 0 heterocycles. The number of hydrogen-bond acceptors (Lipinski definition) is 3. The Morgan fingerprint density at radius 2 is 0.842 bits per heavy atom. The molecule has 0 saturated heterocycles. The van der Waals surface area contributed by atoms with E-state index in [0.29, 0.717) is 7.12 Å². The number of unbranched alkanes of at least 4 members (excludes halogenated alkanes) is 3. The molecule has 0 spiro atoms. The highest BCUT2D eigenvalue weighted by Gasteiger charge is 2.29. The fourth-order valence-electron chi connectivity index (χ4n) is 2.58. The zero-order valence-electron chi connectivity index (χ0n) is 14.3. The van der Waals surface area contributed by atoms with Crippen LogP contribution in [0.5, 0.6) is 0 Å². The zero-order valence-corrected chi connectivity index (χ0v) is 14.3. The summed E-state index contributed by atoms with van der Waals surface area (Å²) < 4.78 is 0. The third-order valence-electron chi connectivity index (χ3n) is 3.78. The Hall–Kier alpha value is -0.0551. The van der Waals surface area contributed by atoms with Crippen molar-refractivity contribution in [2.75, 3.05) is 40.8 Å². The average molecular weight is 269 g/mol. The Bertz CT molecular complexity index is 169. The molecule has 4 heteroatoms. The standard InChI is InChI=1S/C15H36BN3/c1-7-10-13-17(4)16(18(5)14-11-8-2)19(6)15-12-9-3/h7-15H2,1-6H3. The molecule has 0 aliphatic rings. The van der Waals surface area contributed by atoms with E-state index in [9.17, 15) is 0 Å². The Kier molecular flexibility index (Phi) is 11.7. The van der Waals surface area contributed by atoms with E-state index in [0.717, 1.165) is 0 Å². The maximum atomic E-state index is 2.51. The quantitative estimate of drug-likeness (QED) is 0.504. The lowest BCUT2D eigenvalue weighted by Crippen LogP contribution is -2.60. The number of rotatable bonds is 12. The third kappa shape index (κ3) is 7.96. The van der Waals surface area contributed by atoms with Crippen LogP contribution in [-0.2, 0) is 0 Å². The van der Waals surface area contributed by atoms with Gasteiger partial charge in [-0.2, -0.15) is 0 Å². The van der Waals surface area contributed by atoms with Crippen molar-refractivity contribution >= 4 is 7.12 Å². The van der Waals surface area contributed by atoms with Crippen LogP contribution < -0.4 is 0 Å². The molecule has 0 bridgehead atoms. The van der Waals surface area contributed by atoms with E-state index in [2.05, 4.69) is 56.3 Å². The van der Waals surface area contributed by atoms with Crippen LogP contribution in [0.1, 0.15) is 59.3 Å². The van der Waals surface area contributed by atoms with Gasteiger partial charge in [-0.25, -0.2) is 0 Å². The first-order valence-electron chi connectivity index (χ1n) is 8.19. The fraction of sp³-hybridized carbons (Fsp3) is 1.00. The minimum Gasteiger partial charge on any atom is -0.317 e. The maximum Gasteiger partial charge on any atom is 0.402 e. The van der Waals surface area contributed by atoms with Gasteiger partial charge >= 0.3 is 7.12 Å². The molecule has 3 nitrogen and oxygen atoms in total. The molecule has 0 rings (SSSR count). The first-order chi connectivity index (χ1) is 9.08. The third-order valence-corrected chi connectivity index (χ3v) is 3.78. The predicted octanol–water partition coefficient (Wildman–Crippen LogP) is 3.17. The van der Waals surface area contributed by atoms with Crippen molar-refractivity contribution in [1.82, 2.24) is 14.4 Å². The van der Waals surface area contributed by atoms with Crippen molar-refractivity contribution in [3.05, 3.63) is 0 Å². The van der Waals surface area contributed by atoms with Gasteiger partial charge in [-0.3, -0.25) is 0 Å². The molecule has 0 aliphatic heterocycles. The summed E-state index contributed by atoms with van der Waals surface area (Å²) >= 11 is 0. The minimum absolute atomic E-state index is 0.449. The second kappa shape index (κ2) is 11.7. The van der Waals surface area contributed by atoms with Crippen molar-refractivity contribution < 1.29 is 0 Å². The van der Waals surface area contributed by atoms with Gasteiger partial charge in [0.1, 0.15) is 0 Å². The second-order valence-electron chi connectivity index (χ2n) is 5.85. The summed E-state index contributed by atoms with van der Waals surface area (Å²) in [5, 5.41) is 0. The van der Waals surface area contributed by atoms with Gasteiger partial charge in [0.05, 0.1) is 0 Å². The van der Waals surface area contributed by atoms with Gasteiger partial charge in [0, 0.05) is 0 Å². The molecular weight excluding hydrogens is 233 g/mol. The van der Waals surface area contributed by atoms with Gasteiger partial charge < -0.3 is 14.4 Å². The summed E-state index contributed by atoms with van der Waals surface area (Å²) in [6, 6.07) is 0. The highest BCUT2D eigenvalue weighted by molar-refractivity contribution is 6.49. The number of nitrogens with zero attached hydrogens (tertiary/aromatic N) is 3. The molecule has 0 amide bonds. The van der Waals surface area contributed by atoms with E-state index in [1.807, 2.05) is 0 Å². The van der Waals surface area contributed by atoms with E-state index in [-0.39, 0.29) is 0 Å². The Labute approximate surface area is 122 Å². The Morgan fingerprint density at radius 3 is 1.05 bits per heavy atom. The van der Waals surface area contributed by atoms with E-state index in [4.69, 9.17) is 0 Å². The van der Waals surface area contributed by atoms with Crippen LogP contribution in [0.15, 0.2) is 0 Å². The first-order valence-corrected chi connectivity index (χ1v) is 8.19. The topological polar surface area (TPSA) is 9.72 Å². The lowest BCUT2D eigenvalue weighted by atomic mass is 9.84. The summed E-state index contributed by atoms with van der Waals surface area (Å²) in [4.78, 5) is 7.53. The van der Waals surface area contributed by atoms with Crippen molar-refractivity contribution in [1.29, 1.82) is 0 Å². The van der Waals surface area contributed by atoms with Crippen LogP contribution >= 0.6 is 0 Å². The van der Waals surface area contributed by atoms with E-state index in [1.165, 1.54) is 58.2 Å².